The normalized spacial score (nSPS) is 17.0. The van der Waals surface area contributed by atoms with Crippen LogP contribution in [0.5, 0.6) is 17.2 Å². The fourth-order valence-corrected chi connectivity index (χ4v) is 4.56. The average molecular weight is 423 g/mol. The summed E-state index contributed by atoms with van der Waals surface area (Å²) in [7, 11) is -2.01. The van der Waals surface area contributed by atoms with Gasteiger partial charge in [-0.25, -0.2) is 8.42 Å². The molecule has 0 saturated carbocycles. The zero-order valence-electron chi connectivity index (χ0n) is 16.3. The number of phenolic OH excluding ortho intramolecular Hbond substituents is 1. The van der Waals surface area contributed by atoms with Gasteiger partial charge in [-0.15, -0.1) is 0 Å². The molecule has 158 valence electrons. The summed E-state index contributed by atoms with van der Waals surface area (Å²) in [6.45, 7) is 2.31. The summed E-state index contributed by atoms with van der Waals surface area (Å²) in [4.78, 5) is 2.26. The molecule has 1 saturated heterocycles. The molecular formula is C20H26N2O6S. The topological polar surface area (TPSA) is 99.5 Å². The number of rotatable bonds is 8. The molecule has 1 heterocycles. The predicted octanol–water partition coefficient (Wildman–Crippen LogP) is 1.15. The first-order valence-corrected chi connectivity index (χ1v) is 10.8. The van der Waals surface area contributed by atoms with Crippen LogP contribution in [0.3, 0.4) is 0 Å². The predicted molar refractivity (Wildman–Crippen MR) is 108 cm³/mol. The SMILES string of the molecule is COc1ccc(S(=O)(=O)N2CCN(CC(O)COc3ccc(O)cc3)CC2)cc1. The van der Waals surface area contributed by atoms with Crippen LogP contribution in [0.15, 0.2) is 53.4 Å². The van der Waals surface area contributed by atoms with Crippen LogP contribution in [0.4, 0.5) is 0 Å². The molecule has 1 unspecified atom stereocenters. The molecule has 1 fully saturated rings. The minimum absolute atomic E-state index is 0.120. The summed E-state index contributed by atoms with van der Waals surface area (Å²) in [6.07, 6.45) is -0.700. The Balaban J connectivity index is 1.47. The third-order valence-corrected chi connectivity index (χ3v) is 6.69. The number of aliphatic hydroxyl groups is 1. The van der Waals surface area contributed by atoms with Crippen molar-refractivity contribution in [2.24, 2.45) is 0 Å². The summed E-state index contributed by atoms with van der Waals surface area (Å²) in [5.41, 5.74) is 0. The molecule has 0 radical (unpaired) electrons. The lowest BCUT2D eigenvalue weighted by atomic mass is 10.3. The maximum atomic E-state index is 12.8. The van der Waals surface area contributed by atoms with Crippen LogP contribution >= 0.6 is 0 Å². The molecule has 0 aliphatic carbocycles. The summed E-state index contributed by atoms with van der Waals surface area (Å²) < 4.78 is 37.6. The van der Waals surface area contributed by atoms with Crippen molar-refractivity contribution >= 4 is 10.0 Å². The number of aromatic hydroxyl groups is 1. The molecule has 3 rings (SSSR count). The third-order valence-electron chi connectivity index (χ3n) is 4.78. The Bertz CT molecular complexity index is 878. The fraction of sp³-hybridized carbons (Fsp3) is 0.400. The van der Waals surface area contributed by atoms with E-state index in [2.05, 4.69) is 0 Å². The molecule has 0 aromatic heterocycles. The van der Waals surface area contributed by atoms with Gasteiger partial charge in [-0.2, -0.15) is 4.31 Å². The Morgan fingerprint density at radius 2 is 1.55 bits per heavy atom. The molecule has 8 nitrogen and oxygen atoms in total. The fourth-order valence-electron chi connectivity index (χ4n) is 3.13. The van der Waals surface area contributed by atoms with E-state index >= 15 is 0 Å². The van der Waals surface area contributed by atoms with E-state index in [0.717, 1.165) is 0 Å². The number of piperazine rings is 1. The van der Waals surface area contributed by atoms with Gasteiger partial charge in [0.1, 0.15) is 30.0 Å². The molecule has 0 bridgehead atoms. The van der Waals surface area contributed by atoms with Crippen molar-refractivity contribution in [1.29, 1.82) is 0 Å². The lowest BCUT2D eigenvalue weighted by molar-refractivity contribution is 0.0569. The largest absolute Gasteiger partial charge is 0.508 e. The summed E-state index contributed by atoms with van der Waals surface area (Å²) >= 11 is 0. The van der Waals surface area contributed by atoms with Crippen LogP contribution in [0.1, 0.15) is 0 Å². The smallest absolute Gasteiger partial charge is 0.243 e. The molecule has 2 aromatic rings. The van der Waals surface area contributed by atoms with E-state index in [1.165, 1.54) is 23.5 Å². The van der Waals surface area contributed by atoms with Crippen LogP contribution in [0, 0.1) is 0 Å². The van der Waals surface area contributed by atoms with Gasteiger partial charge in [0.05, 0.1) is 12.0 Å². The Kier molecular flexibility index (Phi) is 6.96. The highest BCUT2D eigenvalue weighted by Gasteiger charge is 2.29. The Morgan fingerprint density at radius 3 is 2.14 bits per heavy atom. The maximum Gasteiger partial charge on any atom is 0.243 e. The second-order valence-corrected chi connectivity index (χ2v) is 8.78. The highest BCUT2D eigenvalue weighted by molar-refractivity contribution is 7.89. The number of benzene rings is 2. The molecule has 0 amide bonds. The first kappa shape index (κ1) is 21.4. The Hall–Kier alpha value is -2.33. The first-order valence-electron chi connectivity index (χ1n) is 9.35. The summed E-state index contributed by atoms with van der Waals surface area (Å²) in [5.74, 6) is 1.33. The number of nitrogens with zero attached hydrogens (tertiary/aromatic N) is 2. The van der Waals surface area contributed by atoms with Gasteiger partial charge in [0, 0.05) is 32.7 Å². The monoisotopic (exact) mass is 422 g/mol. The van der Waals surface area contributed by atoms with Crippen LogP contribution in [0.25, 0.3) is 0 Å². The average Bonchev–Trinajstić information content (AvgIpc) is 2.74. The van der Waals surface area contributed by atoms with Gasteiger partial charge in [0.2, 0.25) is 10.0 Å². The molecule has 2 N–H and O–H groups in total. The summed E-state index contributed by atoms with van der Waals surface area (Å²) in [6, 6.07) is 12.7. The standard InChI is InChI=1S/C20H26N2O6S/c1-27-18-6-8-20(9-7-18)29(25,26)22-12-10-21(11-13-22)14-17(24)15-28-19-4-2-16(23)3-5-19/h2-9,17,23-24H,10-15H2,1H3. The van der Waals surface area contributed by atoms with Gasteiger partial charge < -0.3 is 19.7 Å². The van der Waals surface area contributed by atoms with E-state index in [4.69, 9.17) is 9.47 Å². The van der Waals surface area contributed by atoms with Gasteiger partial charge in [-0.05, 0) is 48.5 Å². The van der Waals surface area contributed by atoms with Gasteiger partial charge in [-0.1, -0.05) is 0 Å². The number of phenols is 1. The van der Waals surface area contributed by atoms with Crippen molar-refractivity contribution < 1.29 is 28.1 Å². The number of β-amino-alcohol motifs (C(OH)–C–C–N with tert-alkyl or cyclic N) is 1. The van der Waals surface area contributed by atoms with E-state index in [-0.39, 0.29) is 17.3 Å². The third kappa shape index (κ3) is 5.60. The molecule has 1 aliphatic rings. The van der Waals surface area contributed by atoms with Gasteiger partial charge in [-0.3, -0.25) is 4.90 Å². The number of hydrogen-bond donors (Lipinski definition) is 2. The van der Waals surface area contributed by atoms with Gasteiger partial charge >= 0.3 is 0 Å². The Labute approximate surface area is 170 Å². The van der Waals surface area contributed by atoms with Crippen molar-refractivity contribution in [1.82, 2.24) is 9.21 Å². The number of aliphatic hydroxyl groups excluding tert-OH is 1. The van der Waals surface area contributed by atoms with Crippen LogP contribution < -0.4 is 9.47 Å². The zero-order chi connectivity index (χ0) is 20.9. The Morgan fingerprint density at radius 1 is 0.966 bits per heavy atom. The molecule has 9 heteroatoms. The minimum atomic E-state index is -3.55. The second kappa shape index (κ2) is 9.45. The van der Waals surface area contributed by atoms with Crippen molar-refractivity contribution in [2.45, 2.75) is 11.0 Å². The van der Waals surface area contributed by atoms with E-state index in [9.17, 15) is 18.6 Å². The zero-order valence-corrected chi connectivity index (χ0v) is 17.1. The van der Waals surface area contributed by atoms with Crippen LogP contribution in [-0.4, -0.2) is 80.4 Å². The van der Waals surface area contributed by atoms with Crippen molar-refractivity contribution in [3.05, 3.63) is 48.5 Å². The highest BCUT2D eigenvalue weighted by atomic mass is 32.2. The lowest BCUT2D eigenvalue weighted by Crippen LogP contribution is -2.50. The molecule has 0 spiro atoms. The highest BCUT2D eigenvalue weighted by Crippen LogP contribution is 2.21. The van der Waals surface area contributed by atoms with Crippen LogP contribution in [0.2, 0.25) is 0 Å². The second-order valence-electron chi connectivity index (χ2n) is 6.84. The number of ether oxygens (including phenoxy) is 2. The number of methoxy groups -OCH3 is 1. The van der Waals surface area contributed by atoms with Gasteiger partial charge in [0.15, 0.2) is 0 Å². The molecule has 1 atom stereocenters. The van der Waals surface area contributed by atoms with E-state index in [1.54, 1.807) is 36.4 Å². The van der Waals surface area contributed by atoms with Crippen molar-refractivity contribution in [3.8, 4) is 17.2 Å². The maximum absolute atomic E-state index is 12.8. The van der Waals surface area contributed by atoms with E-state index in [0.29, 0.717) is 44.2 Å². The number of sulfonamides is 1. The minimum Gasteiger partial charge on any atom is -0.508 e. The van der Waals surface area contributed by atoms with Crippen LogP contribution in [-0.2, 0) is 10.0 Å². The lowest BCUT2D eigenvalue weighted by Gasteiger charge is -2.34. The molecule has 1 aliphatic heterocycles. The van der Waals surface area contributed by atoms with E-state index < -0.39 is 16.1 Å². The summed E-state index contributed by atoms with van der Waals surface area (Å²) in [5, 5.41) is 19.5. The quantitative estimate of drug-likeness (QED) is 0.658. The molecular weight excluding hydrogens is 396 g/mol. The number of hydrogen-bond acceptors (Lipinski definition) is 7. The van der Waals surface area contributed by atoms with Crippen molar-refractivity contribution in [3.63, 3.8) is 0 Å². The van der Waals surface area contributed by atoms with E-state index in [1.807, 2.05) is 4.90 Å². The first-order chi connectivity index (χ1) is 13.9. The molecule has 2 aromatic carbocycles. The van der Waals surface area contributed by atoms with Crippen molar-refractivity contribution in [2.75, 3.05) is 46.4 Å². The molecule has 29 heavy (non-hydrogen) atoms. The van der Waals surface area contributed by atoms with Gasteiger partial charge in [0.25, 0.3) is 0 Å².